The molecule has 0 saturated carbocycles. The molecule has 0 aromatic rings. The Morgan fingerprint density at radius 1 is 1.46 bits per heavy atom. The standard InChI is InChI=1S/C8H15NO2S2/c1-5(10)6(4-12)9-7(11)8(2,3)13/h6,12-13H,4H2,1-3H3,(H,9,11). The van der Waals surface area contributed by atoms with Crippen molar-refractivity contribution in [3.63, 3.8) is 0 Å². The monoisotopic (exact) mass is 221 g/mol. The Labute approximate surface area is 89.5 Å². The van der Waals surface area contributed by atoms with Gasteiger partial charge in [0.05, 0.1) is 10.8 Å². The maximum absolute atomic E-state index is 11.4. The number of nitrogens with one attached hydrogen (secondary N) is 1. The number of ketones is 1. The van der Waals surface area contributed by atoms with E-state index in [1.807, 2.05) is 0 Å². The van der Waals surface area contributed by atoms with Crippen molar-refractivity contribution in [1.29, 1.82) is 0 Å². The van der Waals surface area contributed by atoms with Gasteiger partial charge in [-0.05, 0) is 20.8 Å². The summed E-state index contributed by atoms with van der Waals surface area (Å²) in [5.41, 5.74) is 0. The topological polar surface area (TPSA) is 46.2 Å². The van der Waals surface area contributed by atoms with Crippen molar-refractivity contribution in [2.45, 2.75) is 31.6 Å². The molecule has 1 unspecified atom stereocenters. The van der Waals surface area contributed by atoms with E-state index in [-0.39, 0.29) is 11.7 Å². The molecule has 0 heterocycles. The van der Waals surface area contributed by atoms with Gasteiger partial charge < -0.3 is 5.32 Å². The lowest BCUT2D eigenvalue weighted by Gasteiger charge is -2.20. The van der Waals surface area contributed by atoms with Crippen LogP contribution in [0, 0.1) is 0 Å². The van der Waals surface area contributed by atoms with Crippen molar-refractivity contribution >= 4 is 36.9 Å². The van der Waals surface area contributed by atoms with E-state index in [0.717, 1.165) is 0 Å². The number of amides is 1. The summed E-state index contributed by atoms with van der Waals surface area (Å²) < 4.78 is -0.767. The van der Waals surface area contributed by atoms with Crippen LogP contribution in [0.15, 0.2) is 0 Å². The predicted molar refractivity (Wildman–Crippen MR) is 59.5 cm³/mol. The average molecular weight is 221 g/mol. The number of rotatable bonds is 4. The Kier molecular flexibility index (Phi) is 4.85. The molecule has 0 radical (unpaired) electrons. The van der Waals surface area contributed by atoms with Gasteiger partial charge in [-0.25, -0.2) is 0 Å². The molecule has 13 heavy (non-hydrogen) atoms. The molecular weight excluding hydrogens is 206 g/mol. The van der Waals surface area contributed by atoms with Crippen LogP contribution < -0.4 is 5.32 Å². The molecule has 5 heteroatoms. The number of carbonyl (C=O) groups is 2. The number of Topliss-reactive ketones (excluding diaryl/α,β-unsaturated/α-hetero) is 1. The Morgan fingerprint density at radius 3 is 2.15 bits per heavy atom. The lowest BCUT2D eigenvalue weighted by molar-refractivity contribution is -0.127. The largest absolute Gasteiger partial charge is 0.344 e. The number of carbonyl (C=O) groups excluding carboxylic acids is 2. The molecule has 0 spiro atoms. The Bertz CT molecular complexity index is 211. The second-order valence-electron chi connectivity index (χ2n) is 3.38. The first-order valence-corrected chi connectivity index (χ1v) is 5.01. The van der Waals surface area contributed by atoms with Gasteiger partial charge in [0.1, 0.15) is 0 Å². The van der Waals surface area contributed by atoms with E-state index in [1.54, 1.807) is 13.8 Å². The van der Waals surface area contributed by atoms with Gasteiger partial charge in [-0.15, -0.1) is 0 Å². The molecule has 0 aliphatic heterocycles. The lowest BCUT2D eigenvalue weighted by atomic mass is 10.1. The molecule has 1 atom stereocenters. The number of hydrogen-bond donors (Lipinski definition) is 3. The van der Waals surface area contributed by atoms with Gasteiger partial charge in [0, 0.05) is 5.75 Å². The van der Waals surface area contributed by atoms with Gasteiger partial charge in [0.15, 0.2) is 5.78 Å². The van der Waals surface area contributed by atoms with E-state index in [0.29, 0.717) is 5.75 Å². The molecule has 1 N–H and O–H groups in total. The van der Waals surface area contributed by atoms with E-state index >= 15 is 0 Å². The molecule has 0 aliphatic carbocycles. The molecule has 0 aromatic carbocycles. The second-order valence-corrected chi connectivity index (χ2v) is 4.86. The summed E-state index contributed by atoms with van der Waals surface area (Å²) in [6, 6.07) is -0.512. The normalized spacial score (nSPS) is 13.6. The highest BCUT2D eigenvalue weighted by Crippen LogP contribution is 2.11. The lowest BCUT2D eigenvalue weighted by Crippen LogP contribution is -2.47. The Hall–Kier alpha value is -0.160. The summed E-state index contributed by atoms with van der Waals surface area (Å²) in [4.78, 5) is 22.3. The van der Waals surface area contributed by atoms with E-state index in [1.165, 1.54) is 6.92 Å². The fourth-order valence-corrected chi connectivity index (χ4v) is 1.02. The van der Waals surface area contributed by atoms with E-state index in [2.05, 4.69) is 30.6 Å². The van der Waals surface area contributed by atoms with Crippen LogP contribution in [0.4, 0.5) is 0 Å². The zero-order chi connectivity index (χ0) is 10.6. The van der Waals surface area contributed by atoms with Gasteiger partial charge in [-0.2, -0.15) is 25.3 Å². The second kappa shape index (κ2) is 4.91. The van der Waals surface area contributed by atoms with Crippen LogP contribution in [0.1, 0.15) is 20.8 Å². The molecule has 1 amide bonds. The third kappa shape index (κ3) is 4.57. The zero-order valence-electron chi connectivity index (χ0n) is 8.00. The summed E-state index contributed by atoms with van der Waals surface area (Å²) in [5.74, 6) is -0.0451. The van der Waals surface area contributed by atoms with Crippen molar-refractivity contribution in [2.24, 2.45) is 0 Å². The third-order valence-electron chi connectivity index (χ3n) is 1.53. The summed E-state index contributed by atoms with van der Waals surface area (Å²) >= 11 is 8.05. The molecular formula is C8H15NO2S2. The summed E-state index contributed by atoms with van der Waals surface area (Å²) in [6.07, 6.45) is 0. The molecule has 0 aliphatic rings. The number of thiol groups is 2. The SMILES string of the molecule is CC(=O)C(CS)NC(=O)C(C)(C)S. The van der Waals surface area contributed by atoms with Crippen LogP contribution in [-0.4, -0.2) is 28.2 Å². The first-order valence-electron chi connectivity index (χ1n) is 3.93. The minimum Gasteiger partial charge on any atom is -0.344 e. The van der Waals surface area contributed by atoms with Crippen molar-refractivity contribution in [1.82, 2.24) is 5.32 Å². The fourth-order valence-electron chi connectivity index (χ4n) is 0.611. The van der Waals surface area contributed by atoms with Gasteiger partial charge in [-0.3, -0.25) is 9.59 Å². The van der Waals surface area contributed by atoms with Crippen molar-refractivity contribution in [3.8, 4) is 0 Å². The average Bonchev–Trinajstić information content (AvgIpc) is 1.96. The van der Waals surface area contributed by atoms with E-state index in [4.69, 9.17) is 0 Å². The van der Waals surface area contributed by atoms with Gasteiger partial charge in [0.25, 0.3) is 0 Å². The number of hydrogen-bond acceptors (Lipinski definition) is 4. The molecule has 0 rings (SSSR count). The molecule has 0 aromatic heterocycles. The van der Waals surface area contributed by atoms with Crippen molar-refractivity contribution < 1.29 is 9.59 Å². The van der Waals surface area contributed by atoms with Crippen LogP contribution in [-0.2, 0) is 9.59 Å². The Morgan fingerprint density at radius 2 is 1.92 bits per heavy atom. The Balaban J connectivity index is 4.26. The predicted octanol–water partition coefficient (Wildman–Crippen LogP) is 0.698. The smallest absolute Gasteiger partial charge is 0.236 e. The summed E-state index contributed by atoms with van der Waals surface area (Å²) in [5, 5.41) is 2.56. The first kappa shape index (κ1) is 12.8. The highest BCUT2D eigenvalue weighted by Gasteiger charge is 2.25. The maximum atomic E-state index is 11.4. The van der Waals surface area contributed by atoms with Gasteiger partial charge in [-0.1, -0.05) is 0 Å². The van der Waals surface area contributed by atoms with E-state index < -0.39 is 10.8 Å². The first-order chi connectivity index (χ1) is 5.79. The van der Waals surface area contributed by atoms with Crippen LogP contribution >= 0.6 is 25.3 Å². The zero-order valence-corrected chi connectivity index (χ0v) is 9.78. The minimum atomic E-state index is -0.767. The molecule has 0 saturated heterocycles. The molecule has 3 nitrogen and oxygen atoms in total. The van der Waals surface area contributed by atoms with Crippen LogP contribution in [0.3, 0.4) is 0 Å². The van der Waals surface area contributed by atoms with Gasteiger partial charge >= 0.3 is 0 Å². The molecule has 76 valence electrons. The fraction of sp³-hybridized carbons (Fsp3) is 0.750. The van der Waals surface area contributed by atoms with E-state index in [9.17, 15) is 9.59 Å². The third-order valence-corrected chi connectivity index (χ3v) is 2.10. The van der Waals surface area contributed by atoms with Crippen molar-refractivity contribution in [2.75, 3.05) is 5.75 Å². The molecule has 0 fully saturated rings. The quantitative estimate of drug-likeness (QED) is 0.612. The highest BCUT2D eigenvalue weighted by atomic mass is 32.1. The van der Waals surface area contributed by atoms with Crippen LogP contribution in [0.25, 0.3) is 0 Å². The summed E-state index contributed by atoms with van der Waals surface area (Å²) in [6.45, 7) is 4.76. The maximum Gasteiger partial charge on any atom is 0.236 e. The highest BCUT2D eigenvalue weighted by molar-refractivity contribution is 7.82. The molecule has 0 bridgehead atoms. The van der Waals surface area contributed by atoms with Crippen LogP contribution in [0.2, 0.25) is 0 Å². The van der Waals surface area contributed by atoms with Crippen molar-refractivity contribution in [3.05, 3.63) is 0 Å². The summed E-state index contributed by atoms with van der Waals surface area (Å²) in [7, 11) is 0. The van der Waals surface area contributed by atoms with Crippen LogP contribution in [0.5, 0.6) is 0 Å². The minimum absolute atomic E-state index is 0.0964. The van der Waals surface area contributed by atoms with Gasteiger partial charge in [0.2, 0.25) is 5.91 Å².